The zero-order chi connectivity index (χ0) is 27.6. The predicted octanol–water partition coefficient (Wildman–Crippen LogP) is 5.06. The molecular formula is C34H36O6. The third-order valence-electron chi connectivity index (χ3n) is 7.14. The van der Waals surface area contributed by atoms with Crippen molar-refractivity contribution < 1.29 is 29.2 Å². The highest BCUT2D eigenvalue weighted by molar-refractivity contribution is 5.17. The number of rotatable bonds is 12. The van der Waals surface area contributed by atoms with Gasteiger partial charge < -0.3 is 29.2 Å². The summed E-state index contributed by atoms with van der Waals surface area (Å²) >= 11 is 0. The van der Waals surface area contributed by atoms with Crippen molar-refractivity contribution in [2.45, 2.75) is 63.1 Å². The number of ether oxygens (including phenoxy) is 4. The first-order valence-corrected chi connectivity index (χ1v) is 13.7. The Labute approximate surface area is 235 Å². The Morgan fingerprint density at radius 1 is 0.350 bits per heavy atom. The third-order valence-corrected chi connectivity index (χ3v) is 7.14. The third kappa shape index (κ3) is 7.43. The fraction of sp³-hybridized carbons (Fsp3) is 0.294. The average molecular weight is 541 g/mol. The molecule has 1 aliphatic rings. The van der Waals surface area contributed by atoms with Gasteiger partial charge in [-0.15, -0.1) is 0 Å². The van der Waals surface area contributed by atoms with E-state index in [1.165, 1.54) is 0 Å². The molecule has 5 rings (SSSR count). The fourth-order valence-electron chi connectivity index (χ4n) is 4.98. The molecule has 0 amide bonds. The van der Waals surface area contributed by atoms with Gasteiger partial charge in [-0.2, -0.15) is 0 Å². The molecule has 6 heteroatoms. The lowest BCUT2D eigenvalue weighted by Crippen LogP contribution is -2.66. The first-order valence-electron chi connectivity index (χ1n) is 13.7. The second-order valence-corrected chi connectivity index (χ2v) is 10.0. The lowest BCUT2D eigenvalue weighted by Gasteiger charge is -2.47. The Kier molecular flexibility index (Phi) is 10.1. The Balaban J connectivity index is 1.42. The molecule has 1 aliphatic carbocycles. The SMILES string of the molecule is OC1C(O)C(OCc2ccccc2)C(OCc2ccccc2)C(OCc2ccccc2)C1OCc1ccccc1. The van der Waals surface area contributed by atoms with E-state index in [9.17, 15) is 10.2 Å². The van der Waals surface area contributed by atoms with Gasteiger partial charge in [0.15, 0.2) is 0 Å². The van der Waals surface area contributed by atoms with Crippen LogP contribution in [0.2, 0.25) is 0 Å². The van der Waals surface area contributed by atoms with E-state index in [2.05, 4.69) is 0 Å². The lowest BCUT2D eigenvalue weighted by molar-refractivity contribution is -0.273. The molecule has 1 fully saturated rings. The normalized spacial score (nSPS) is 24.6. The zero-order valence-corrected chi connectivity index (χ0v) is 22.4. The zero-order valence-electron chi connectivity index (χ0n) is 22.4. The summed E-state index contributed by atoms with van der Waals surface area (Å²) in [6, 6.07) is 39.1. The quantitative estimate of drug-likeness (QED) is 0.262. The highest BCUT2D eigenvalue weighted by atomic mass is 16.6. The summed E-state index contributed by atoms with van der Waals surface area (Å²) < 4.78 is 25.5. The van der Waals surface area contributed by atoms with Crippen LogP contribution < -0.4 is 0 Å². The lowest BCUT2D eigenvalue weighted by atomic mass is 9.84. The van der Waals surface area contributed by atoms with Gasteiger partial charge in [0.25, 0.3) is 0 Å². The van der Waals surface area contributed by atoms with Gasteiger partial charge >= 0.3 is 0 Å². The minimum absolute atomic E-state index is 0.251. The molecule has 1 saturated carbocycles. The van der Waals surface area contributed by atoms with Crippen molar-refractivity contribution in [3.8, 4) is 0 Å². The van der Waals surface area contributed by atoms with Crippen LogP contribution in [-0.2, 0) is 45.4 Å². The van der Waals surface area contributed by atoms with Gasteiger partial charge in [-0.25, -0.2) is 0 Å². The molecule has 0 spiro atoms. The number of hydrogen-bond donors (Lipinski definition) is 2. The van der Waals surface area contributed by atoms with Gasteiger partial charge in [0.2, 0.25) is 0 Å². The number of benzene rings is 4. The second kappa shape index (κ2) is 14.3. The summed E-state index contributed by atoms with van der Waals surface area (Å²) in [6.45, 7) is 1.08. The van der Waals surface area contributed by atoms with Crippen LogP contribution in [0.15, 0.2) is 121 Å². The van der Waals surface area contributed by atoms with Crippen molar-refractivity contribution in [3.63, 3.8) is 0 Å². The molecule has 0 bridgehead atoms. The van der Waals surface area contributed by atoms with Crippen LogP contribution in [0.1, 0.15) is 22.3 Å². The molecule has 6 nitrogen and oxygen atoms in total. The molecule has 40 heavy (non-hydrogen) atoms. The largest absolute Gasteiger partial charge is 0.387 e. The van der Waals surface area contributed by atoms with Crippen molar-refractivity contribution in [2.24, 2.45) is 0 Å². The minimum Gasteiger partial charge on any atom is -0.387 e. The molecule has 6 unspecified atom stereocenters. The molecule has 2 N–H and O–H groups in total. The molecule has 208 valence electrons. The van der Waals surface area contributed by atoms with Crippen LogP contribution in [0.25, 0.3) is 0 Å². The summed E-state index contributed by atoms with van der Waals surface area (Å²) in [4.78, 5) is 0. The smallest absolute Gasteiger partial charge is 0.116 e. The Bertz CT molecular complexity index is 1150. The van der Waals surface area contributed by atoms with Crippen LogP contribution in [0.4, 0.5) is 0 Å². The maximum absolute atomic E-state index is 11.4. The first-order chi connectivity index (χ1) is 19.7. The van der Waals surface area contributed by atoms with Crippen LogP contribution >= 0.6 is 0 Å². The van der Waals surface area contributed by atoms with Gasteiger partial charge in [-0.3, -0.25) is 0 Å². The van der Waals surface area contributed by atoms with Crippen LogP contribution in [-0.4, -0.2) is 46.8 Å². The van der Waals surface area contributed by atoms with Crippen LogP contribution in [0.3, 0.4) is 0 Å². The molecule has 0 aliphatic heterocycles. The second-order valence-electron chi connectivity index (χ2n) is 10.0. The molecule has 0 heterocycles. The van der Waals surface area contributed by atoms with Gasteiger partial charge in [0.05, 0.1) is 26.4 Å². The Morgan fingerprint density at radius 3 is 0.825 bits per heavy atom. The van der Waals surface area contributed by atoms with E-state index < -0.39 is 36.6 Å². The summed E-state index contributed by atoms with van der Waals surface area (Å²) in [6.07, 6.45) is -5.63. The van der Waals surface area contributed by atoms with E-state index in [1.807, 2.05) is 121 Å². The standard InChI is InChI=1S/C34H36O6/c35-29-30(36)32(38-22-26-15-7-2-8-16-26)34(40-24-28-19-11-4-12-20-28)33(39-23-27-17-9-3-10-18-27)31(29)37-21-25-13-5-1-6-14-25/h1-20,29-36H,21-24H2. The van der Waals surface area contributed by atoms with Crippen molar-refractivity contribution in [1.29, 1.82) is 0 Å². The molecule has 0 aromatic heterocycles. The highest BCUT2D eigenvalue weighted by Gasteiger charge is 2.52. The van der Waals surface area contributed by atoms with E-state index in [0.717, 1.165) is 22.3 Å². The topological polar surface area (TPSA) is 77.4 Å². The summed E-state index contributed by atoms with van der Waals surface area (Å²) in [5.74, 6) is 0. The highest BCUT2D eigenvalue weighted by Crippen LogP contribution is 2.32. The molecule has 6 atom stereocenters. The van der Waals surface area contributed by atoms with Crippen molar-refractivity contribution in [1.82, 2.24) is 0 Å². The molecule has 0 radical (unpaired) electrons. The van der Waals surface area contributed by atoms with E-state index in [0.29, 0.717) is 0 Å². The predicted molar refractivity (Wildman–Crippen MR) is 152 cm³/mol. The monoisotopic (exact) mass is 540 g/mol. The first kappa shape index (κ1) is 28.2. The molecule has 4 aromatic rings. The van der Waals surface area contributed by atoms with Crippen molar-refractivity contribution in [2.75, 3.05) is 0 Å². The number of hydrogen-bond acceptors (Lipinski definition) is 6. The fourth-order valence-corrected chi connectivity index (χ4v) is 4.98. The van der Waals surface area contributed by atoms with Gasteiger partial charge in [0.1, 0.15) is 36.6 Å². The van der Waals surface area contributed by atoms with E-state index >= 15 is 0 Å². The van der Waals surface area contributed by atoms with Crippen molar-refractivity contribution >= 4 is 0 Å². The van der Waals surface area contributed by atoms with Gasteiger partial charge in [-0.1, -0.05) is 121 Å². The summed E-state index contributed by atoms with van der Waals surface area (Å²) in [5.41, 5.74) is 3.87. The number of aliphatic hydroxyl groups excluding tert-OH is 2. The van der Waals surface area contributed by atoms with Crippen LogP contribution in [0, 0.1) is 0 Å². The Morgan fingerprint density at radius 2 is 0.575 bits per heavy atom. The van der Waals surface area contributed by atoms with Gasteiger partial charge in [-0.05, 0) is 22.3 Å². The maximum atomic E-state index is 11.4. The van der Waals surface area contributed by atoms with Gasteiger partial charge in [0, 0.05) is 0 Å². The minimum atomic E-state index is -1.25. The summed E-state index contributed by atoms with van der Waals surface area (Å²) in [7, 11) is 0. The average Bonchev–Trinajstić information content (AvgIpc) is 3.01. The molecule has 0 saturated heterocycles. The number of aliphatic hydroxyl groups is 2. The molecule has 4 aromatic carbocycles. The van der Waals surface area contributed by atoms with E-state index in [4.69, 9.17) is 18.9 Å². The maximum Gasteiger partial charge on any atom is 0.116 e. The van der Waals surface area contributed by atoms with E-state index in [-0.39, 0.29) is 26.4 Å². The van der Waals surface area contributed by atoms with E-state index in [1.54, 1.807) is 0 Å². The Hall–Kier alpha value is -3.36. The molecular weight excluding hydrogens is 504 g/mol. The van der Waals surface area contributed by atoms with Crippen LogP contribution in [0.5, 0.6) is 0 Å². The van der Waals surface area contributed by atoms with Crippen molar-refractivity contribution in [3.05, 3.63) is 144 Å². The summed E-state index contributed by atoms with van der Waals surface area (Å²) in [5, 5.41) is 22.7.